The van der Waals surface area contributed by atoms with Crippen LogP contribution in [0.25, 0.3) is 20.8 Å². The Hall–Kier alpha value is -2.06. The van der Waals surface area contributed by atoms with E-state index < -0.39 is 26.4 Å². The Morgan fingerprint density at radius 1 is 1.23 bits per heavy atom. The molecule has 188 valence electrons. The van der Waals surface area contributed by atoms with Gasteiger partial charge in [-0.25, -0.2) is 23.4 Å². The van der Waals surface area contributed by atoms with Crippen LogP contribution in [-0.4, -0.2) is 74.9 Å². The fraction of sp³-hybridized carbons (Fsp3) is 0.545. The van der Waals surface area contributed by atoms with Crippen molar-refractivity contribution in [2.45, 2.75) is 56.4 Å². The molecule has 3 aromatic heterocycles. The van der Waals surface area contributed by atoms with Crippen molar-refractivity contribution >= 4 is 48.0 Å². The molecule has 4 heterocycles. The van der Waals surface area contributed by atoms with Crippen molar-refractivity contribution in [3.63, 3.8) is 0 Å². The van der Waals surface area contributed by atoms with Crippen LogP contribution in [0.4, 0.5) is 5.82 Å². The highest BCUT2D eigenvalue weighted by molar-refractivity contribution is 7.90. The predicted molar refractivity (Wildman–Crippen MR) is 135 cm³/mol. The summed E-state index contributed by atoms with van der Waals surface area (Å²) in [5.41, 5.74) is 2.12. The maximum atomic E-state index is 12.3. The van der Waals surface area contributed by atoms with E-state index in [4.69, 9.17) is 14.5 Å². The Kier molecular flexibility index (Phi) is 6.19. The molecule has 10 nitrogen and oxygen atoms in total. The van der Waals surface area contributed by atoms with Crippen LogP contribution in [0.1, 0.15) is 26.0 Å². The first kappa shape index (κ1) is 24.6. The van der Waals surface area contributed by atoms with Crippen molar-refractivity contribution < 1.29 is 22.1 Å². The van der Waals surface area contributed by atoms with Crippen molar-refractivity contribution in [1.82, 2.24) is 19.9 Å². The smallest absolute Gasteiger partial charge is 0.220 e. The van der Waals surface area contributed by atoms with Gasteiger partial charge in [-0.05, 0) is 33.3 Å². The van der Waals surface area contributed by atoms with Gasteiger partial charge in [0.25, 0.3) is 0 Å². The Labute approximate surface area is 210 Å². The van der Waals surface area contributed by atoms with Crippen LogP contribution in [0.15, 0.2) is 23.6 Å². The lowest BCUT2D eigenvalue weighted by atomic mass is 10.1. The number of thiazole rings is 1. The number of aromatic nitrogens is 4. The molecule has 35 heavy (non-hydrogen) atoms. The molecular weight excluding hydrogens is 510 g/mol. The molecular formula is C22H27N5O5S3. The van der Waals surface area contributed by atoms with Crippen molar-refractivity contribution in [1.29, 1.82) is 0 Å². The number of hydrogen-bond donors (Lipinski definition) is 1. The third-order valence-corrected chi connectivity index (χ3v) is 8.94. The van der Waals surface area contributed by atoms with E-state index in [-0.39, 0.29) is 35.1 Å². The third-order valence-electron chi connectivity index (χ3n) is 6.15. The Bertz CT molecular complexity index is 1390. The third kappa shape index (κ3) is 4.96. The van der Waals surface area contributed by atoms with Gasteiger partial charge < -0.3 is 14.8 Å². The molecule has 13 heteroatoms. The van der Waals surface area contributed by atoms with E-state index in [0.29, 0.717) is 28.5 Å². The summed E-state index contributed by atoms with van der Waals surface area (Å²) in [6, 6.07) is 1.63. The Morgan fingerprint density at radius 3 is 2.66 bits per heavy atom. The van der Waals surface area contributed by atoms with E-state index in [9.17, 15) is 12.6 Å². The first-order valence-electron chi connectivity index (χ1n) is 11.1. The van der Waals surface area contributed by atoms with E-state index >= 15 is 0 Å². The molecule has 0 spiro atoms. The van der Waals surface area contributed by atoms with Crippen LogP contribution in [0.3, 0.4) is 0 Å². The number of sulfone groups is 1. The Morgan fingerprint density at radius 2 is 1.97 bits per heavy atom. The molecule has 1 aliphatic carbocycles. The van der Waals surface area contributed by atoms with E-state index in [0.717, 1.165) is 10.2 Å². The zero-order valence-corrected chi connectivity index (χ0v) is 22.5. The summed E-state index contributed by atoms with van der Waals surface area (Å²) in [4.78, 5) is 18.0. The number of nitrogens with one attached hydrogen (secondary N) is 1. The van der Waals surface area contributed by atoms with Crippen LogP contribution in [0.5, 0.6) is 0 Å². The van der Waals surface area contributed by atoms with Crippen LogP contribution in [0.2, 0.25) is 0 Å². The predicted octanol–water partition coefficient (Wildman–Crippen LogP) is 2.56. The van der Waals surface area contributed by atoms with Gasteiger partial charge in [-0.3, -0.25) is 9.19 Å². The summed E-state index contributed by atoms with van der Waals surface area (Å²) in [5, 5.41) is 4.41. The molecule has 1 aliphatic heterocycles. The molecule has 1 saturated carbocycles. The van der Waals surface area contributed by atoms with Gasteiger partial charge in [0.15, 0.2) is 5.79 Å². The van der Waals surface area contributed by atoms with Crippen LogP contribution in [-0.2, 0) is 30.1 Å². The molecule has 5 atom stereocenters. The maximum Gasteiger partial charge on any atom is 0.220 e. The second-order valence-electron chi connectivity index (χ2n) is 9.54. The highest BCUT2D eigenvalue weighted by atomic mass is 32.2. The molecule has 2 aliphatic rings. The number of nitrogens with zero attached hydrogens (tertiary/aromatic N) is 4. The number of hydrogen-bond acceptors (Lipinski definition) is 11. The molecule has 5 unspecified atom stereocenters. The molecule has 0 bridgehead atoms. The number of anilines is 1. The van der Waals surface area contributed by atoms with Crippen molar-refractivity contribution in [3.8, 4) is 10.6 Å². The summed E-state index contributed by atoms with van der Waals surface area (Å²) >= 11 is 1.50. The monoisotopic (exact) mass is 537 g/mol. The SMILES string of the molecule is Cc1nc(S(C)=O)nc(NC2CC(CS(C)(=O)=O)C3OC(C)(C)OC23)c1-c1nc2cnccc2s1. The van der Waals surface area contributed by atoms with Gasteiger partial charge in [0.05, 0.1) is 50.9 Å². The standard InChI is InChI=1S/C22H27N5O5S3/c1-11-16(20-26-14-9-23-7-6-15(14)33-20)19(27-21(24-11)34(4)28)25-13-8-12(10-35(5,29)30)17-18(13)32-22(2,3)31-17/h6-7,9,12-13,17-18H,8,10H2,1-5H3,(H,24,25,27). The molecule has 0 radical (unpaired) electrons. The van der Waals surface area contributed by atoms with Crippen LogP contribution in [0, 0.1) is 12.8 Å². The second kappa shape index (κ2) is 8.80. The first-order valence-corrected chi connectivity index (χ1v) is 15.6. The fourth-order valence-electron chi connectivity index (χ4n) is 4.88. The molecule has 2 fully saturated rings. The quantitative estimate of drug-likeness (QED) is 0.468. The van der Waals surface area contributed by atoms with E-state index in [1.807, 2.05) is 26.8 Å². The van der Waals surface area contributed by atoms with Crippen LogP contribution >= 0.6 is 11.3 Å². The summed E-state index contributed by atoms with van der Waals surface area (Å²) in [6.45, 7) is 5.49. The summed E-state index contributed by atoms with van der Waals surface area (Å²) in [7, 11) is -4.61. The van der Waals surface area contributed by atoms with Crippen LogP contribution < -0.4 is 5.32 Å². The lowest BCUT2D eigenvalue weighted by Gasteiger charge is -2.25. The van der Waals surface area contributed by atoms with Crippen molar-refractivity contribution in [3.05, 3.63) is 24.2 Å². The van der Waals surface area contributed by atoms with E-state index in [1.165, 1.54) is 23.8 Å². The summed E-state index contributed by atoms with van der Waals surface area (Å²) in [5.74, 6) is -0.552. The average molecular weight is 538 g/mol. The lowest BCUT2D eigenvalue weighted by molar-refractivity contribution is -0.156. The average Bonchev–Trinajstić information content (AvgIpc) is 3.38. The van der Waals surface area contributed by atoms with Crippen molar-refractivity contribution in [2.75, 3.05) is 23.6 Å². The van der Waals surface area contributed by atoms with Gasteiger partial charge >= 0.3 is 0 Å². The second-order valence-corrected chi connectivity index (χ2v) is 14.0. The maximum absolute atomic E-state index is 12.3. The van der Waals surface area contributed by atoms with Gasteiger partial charge in [0.2, 0.25) is 5.16 Å². The fourth-order valence-corrected chi connectivity index (χ4v) is 7.50. The Balaban J connectivity index is 1.56. The number of ether oxygens (including phenoxy) is 2. The molecule has 5 rings (SSSR count). The summed E-state index contributed by atoms with van der Waals surface area (Å²) < 4.78 is 49.8. The zero-order valence-electron chi connectivity index (χ0n) is 20.0. The van der Waals surface area contributed by atoms with E-state index in [1.54, 1.807) is 12.4 Å². The van der Waals surface area contributed by atoms with Gasteiger partial charge in [0, 0.05) is 24.6 Å². The van der Waals surface area contributed by atoms with Gasteiger partial charge in [-0.2, -0.15) is 0 Å². The normalized spacial score (nSPS) is 26.7. The minimum absolute atomic E-state index is 0.0105. The van der Waals surface area contributed by atoms with Gasteiger partial charge in [0.1, 0.15) is 32.3 Å². The minimum Gasteiger partial charge on any atom is -0.364 e. The highest BCUT2D eigenvalue weighted by Gasteiger charge is 2.54. The van der Waals surface area contributed by atoms with Crippen molar-refractivity contribution in [2.24, 2.45) is 5.92 Å². The topological polar surface area (TPSA) is 133 Å². The zero-order chi connectivity index (χ0) is 25.1. The van der Waals surface area contributed by atoms with Gasteiger partial charge in [-0.1, -0.05) is 0 Å². The first-order chi connectivity index (χ1) is 16.4. The summed E-state index contributed by atoms with van der Waals surface area (Å²) in [6.07, 6.45) is 5.99. The lowest BCUT2D eigenvalue weighted by Crippen LogP contribution is -2.35. The molecule has 0 aromatic carbocycles. The highest BCUT2D eigenvalue weighted by Crippen LogP contribution is 2.44. The number of fused-ring (bicyclic) bond motifs is 2. The van der Waals surface area contributed by atoms with E-state index in [2.05, 4.69) is 20.3 Å². The molecule has 3 aromatic rings. The molecule has 1 N–H and O–H groups in total. The number of aryl methyl sites for hydroxylation is 1. The minimum atomic E-state index is -3.21. The molecule has 0 amide bonds. The number of pyridine rings is 1. The number of rotatable bonds is 6. The van der Waals surface area contributed by atoms with Gasteiger partial charge in [-0.15, -0.1) is 11.3 Å². The molecule has 1 saturated heterocycles. The largest absolute Gasteiger partial charge is 0.364 e.